The Labute approximate surface area is 159 Å². The minimum Gasteiger partial charge on any atom is -0.323 e. The van der Waals surface area contributed by atoms with Crippen LogP contribution in [0, 0.1) is 24.0 Å². The third-order valence-corrected chi connectivity index (χ3v) is 5.49. The van der Waals surface area contributed by atoms with E-state index >= 15 is 0 Å². The van der Waals surface area contributed by atoms with Crippen molar-refractivity contribution in [1.29, 1.82) is 0 Å². The number of nitrogens with one attached hydrogen (secondary N) is 2. The number of anilines is 1. The highest BCUT2D eigenvalue weighted by molar-refractivity contribution is 5.94. The number of amides is 1. The van der Waals surface area contributed by atoms with Crippen molar-refractivity contribution in [3.05, 3.63) is 68.8 Å². The number of benzene rings is 2. The standard InChI is InChI=1S/C21H25N3O3/c1-14-11-18(20(24(26)27)12-15(14)2)22-21(25)13-23(3)19-10-6-8-16-7-4-5-9-17(16)19/h4-5,7,9,11-12,19H,6,8,10,13H2,1-3H3,(H,22,25)/p+1/t19-/m0/s1. The topological polar surface area (TPSA) is 76.7 Å². The number of nitro benzene ring substituents is 1. The van der Waals surface area contributed by atoms with Crippen molar-refractivity contribution in [2.75, 3.05) is 18.9 Å². The van der Waals surface area contributed by atoms with Gasteiger partial charge in [-0.1, -0.05) is 24.3 Å². The molecule has 0 saturated carbocycles. The summed E-state index contributed by atoms with van der Waals surface area (Å²) in [7, 11) is 2.02. The Bertz CT molecular complexity index is 879. The summed E-state index contributed by atoms with van der Waals surface area (Å²) in [5, 5.41) is 14.1. The molecule has 6 heteroatoms. The second kappa shape index (κ2) is 7.88. The average molecular weight is 368 g/mol. The van der Waals surface area contributed by atoms with E-state index in [4.69, 9.17) is 0 Å². The van der Waals surface area contributed by atoms with Crippen LogP contribution in [0.1, 0.15) is 41.1 Å². The molecule has 0 bridgehead atoms. The number of hydrogen-bond donors (Lipinski definition) is 2. The van der Waals surface area contributed by atoms with E-state index in [2.05, 4.69) is 23.5 Å². The molecule has 1 aliphatic rings. The lowest BCUT2D eigenvalue weighted by Crippen LogP contribution is -3.10. The zero-order valence-corrected chi connectivity index (χ0v) is 16.0. The zero-order chi connectivity index (χ0) is 19.6. The van der Waals surface area contributed by atoms with Crippen LogP contribution in [0.15, 0.2) is 36.4 Å². The lowest BCUT2D eigenvalue weighted by Gasteiger charge is -2.30. The molecule has 142 valence electrons. The van der Waals surface area contributed by atoms with Crippen LogP contribution in [0.25, 0.3) is 0 Å². The quantitative estimate of drug-likeness (QED) is 0.629. The molecule has 0 fully saturated rings. The number of quaternary nitrogens is 1. The highest BCUT2D eigenvalue weighted by Crippen LogP contribution is 2.28. The fourth-order valence-corrected chi connectivity index (χ4v) is 3.89. The summed E-state index contributed by atoms with van der Waals surface area (Å²) in [6.45, 7) is 3.97. The Morgan fingerprint density at radius 1 is 1.26 bits per heavy atom. The smallest absolute Gasteiger partial charge is 0.293 e. The second-order valence-electron chi connectivity index (χ2n) is 7.43. The average Bonchev–Trinajstić information content (AvgIpc) is 2.63. The SMILES string of the molecule is Cc1cc(NC(=O)C[NH+](C)[C@H]2CCCc3ccccc32)c([N+](=O)[O-])cc1C. The molecule has 27 heavy (non-hydrogen) atoms. The first kappa shape index (κ1) is 19.0. The molecule has 2 N–H and O–H groups in total. The first-order valence-corrected chi connectivity index (χ1v) is 9.32. The van der Waals surface area contributed by atoms with E-state index < -0.39 is 4.92 Å². The molecule has 2 atom stereocenters. The van der Waals surface area contributed by atoms with Gasteiger partial charge in [-0.15, -0.1) is 0 Å². The number of nitrogens with zero attached hydrogens (tertiary/aromatic N) is 1. The molecule has 1 aliphatic carbocycles. The molecule has 0 aliphatic heterocycles. The van der Waals surface area contributed by atoms with Gasteiger partial charge in [-0.25, -0.2) is 0 Å². The van der Waals surface area contributed by atoms with Crippen molar-refractivity contribution in [1.82, 2.24) is 0 Å². The Balaban J connectivity index is 1.74. The van der Waals surface area contributed by atoms with Crippen molar-refractivity contribution >= 4 is 17.3 Å². The van der Waals surface area contributed by atoms with Gasteiger partial charge in [-0.2, -0.15) is 0 Å². The Hall–Kier alpha value is -2.73. The Morgan fingerprint density at radius 2 is 1.96 bits per heavy atom. The third kappa shape index (κ3) is 4.17. The van der Waals surface area contributed by atoms with Crippen molar-refractivity contribution < 1.29 is 14.6 Å². The predicted octanol–water partition coefficient (Wildman–Crippen LogP) is 2.74. The molecule has 0 heterocycles. The molecule has 0 radical (unpaired) electrons. The minimum absolute atomic E-state index is 0.0629. The summed E-state index contributed by atoms with van der Waals surface area (Å²) in [5.41, 5.74) is 4.63. The summed E-state index contributed by atoms with van der Waals surface area (Å²) in [6, 6.07) is 11.9. The summed E-state index contributed by atoms with van der Waals surface area (Å²) >= 11 is 0. The molecule has 2 aromatic rings. The lowest BCUT2D eigenvalue weighted by molar-refractivity contribution is -0.905. The summed E-state index contributed by atoms with van der Waals surface area (Å²) in [6.07, 6.45) is 3.24. The fourth-order valence-electron chi connectivity index (χ4n) is 3.89. The highest BCUT2D eigenvalue weighted by atomic mass is 16.6. The maximum Gasteiger partial charge on any atom is 0.293 e. The van der Waals surface area contributed by atoms with E-state index in [1.165, 1.54) is 17.2 Å². The van der Waals surface area contributed by atoms with E-state index in [1.807, 2.05) is 27.0 Å². The van der Waals surface area contributed by atoms with Gasteiger partial charge >= 0.3 is 0 Å². The number of carbonyl (C=O) groups excluding carboxylic acids is 1. The molecule has 0 saturated heterocycles. The van der Waals surface area contributed by atoms with Gasteiger partial charge in [-0.3, -0.25) is 14.9 Å². The number of nitro groups is 1. The maximum atomic E-state index is 12.6. The van der Waals surface area contributed by atoms with Crippen molar-refractivity contribution in [2.45, 2.75) is 39.2 Å². The van der Waals surface area contributed by atoms with Crippen LogP contribution in [0.5, 0.6) is 0 Å². The number of carbonyl (C=O) groups is 1. The molecule has 0 spiro atoms. The third-order valence-electron chi connectivity index (χ3n) is 5.49. The number of hydrogen-bond acceptors (Lipinski definition) is 3. The van der Waals surface area contributed by atoms with Gasteiger partial charge in [0.1, 0.15) is 11.7 Å². The van der Waals surface area contributed by atoms with Crippen LogP contribution < -0.4 is 10.2 Å². The monoisotopic (exact) mass is 368 g/mol. The minimum atomic E-state index is -0.448. The second-order valence-corrected chi connectivity index (χ2v) is 7.43. The van der Waals surface area contributed by atoms with Crippen molar-refractivity contribution in [3.8, 4) is 0 Å². The van der Waals surface area contributed by atoms with Crippen molar-refractivity contribution in [2.24, 2.45) is 0 Å². The van der Waals surface area contributed by atoms with Crippen LogP contribution >= 0.6 is 0 Å². The largest absolute Gasteiger partial charge is 0.323 e. The lowest BCUT2D eigenvalue weighted by atomic mass is 9.87. The maximum absolute atomic E-state index is 12.6. The van der Waals surface area contributed by atoms with Crippen LogP contribution in [-0.4, -0.2) is 24.4 Å². The highest BCUT2D eigenvalue weighted by Gasteiger charge is 2.28. The van der Waals surface area contributed by atoms with Gasteiger partial charge in [0.05, 0.1) is 12.0 Å². The molecule has 1 amide bonds. The zero-order valence-electron chi connectivity index (χ0n) is 16.0. The van der Waals surface area contributed by atoms with Gasteiger partial charge in [0.15, 0.2) is 6.54 Å². The first-order chi connectivity index (χ1) is 12.9. The number of likely N-dealkylation sites (N-methyl/N-ethyl adjacent to an activating group) is 1. The van der Waals surface area contributed by atoms with E-state index in [0.29, 0.717) is 0 Å². The van der Waals surface area contributed by atoms with Gasteiger partial charge in [-0.05, 0) is 49.4 Å². The Morgan fingerprint density at radius 3 is 2.70 bits per heavy atom. The molecule has 0 aromatic heterocycles. The first-order valence-electron chi connectivity index (χ1n) is 9.32. The van der Waals surface area contributed by atoms with Crippen LogP contribution in [-0.2, 0) is 11.2 Å². The molecular weight excluding hydrogens is 342 g/mol. The van der Waals surface area contributed by atoms with Crippen molar-refractivity contribution in [3.63, 3.8) is 0 Å². The molecule has 2 aromatic carbocycles. The summed E-state index contributed by atoms with van der Waals surface area (Å²) in [5.74, 6) is -0.207. The molecule has 3 rings (SSSR count). The van der Waals surface area contributed by atoms with E-state index in [9.17, 15) is 14.9 Å². The summed E-state index contributed by atoms with van der Waals surface area (Å²) < 4.78 is 0. The van der Waals surface area contributed by atoms with Crippen LogP contribution in [0.4, 0.5) is 11.4 Å². The van der Waals surface area contributed by atoms with Gasteiger partial charge in [0, 0.05) is 18.1 Å². The van der Waals surface area contributed by atoms with E-state index in [1.54, 1.807) is 6.07 Å². The number of fused-ring (bicyclic) bond motifs is 1. The fraction of sp³-hybridized carbons (Fsp3) is 0.381. The normalized spacial score (nSPS) is 17.1. The summed E-state index contributed by atoms with van der Waals surface area (Å²) in [4.78, 5) is 24.6. The number of aryl methyl sites for hydroxylation is 3. The van der Waals surface area contributed by atoms with E-state index in [0.717, 1.165) is 35.3 Å². The molecule has 1 unspecified atom stereocenters. The Kier molecular flexibility index (Phi) is 5.56. The van der Waals surface area contributed by atoms with Crippen LogP contribution in [0.2, 0.25) is 0 Å². The van der Waals surface area contributed by atoms with Gasteiger partial charge in [0.2, 0.25) is 0 Å². The number of rotatable bonds is 5. The van der Waals surface area contributed by atoms with Gasteiger partial charge in [0.25, 0.3) is 11.6 Å². The van der Waals surface area contributed by atoms with E-state index in [-0.39, 0.29) is 29.9 Å². The predicted molar refractivity (Wildman–Crippen MR) is 105 cm³/mol. The molecular formula is C21H26N3O3+. The van der Waals surface area contributed by atoms with Gasteiger partial charge < -0.3 is 10.2 Å². The molecule has 6 nitrogen and oxygen atoms in total. The van der Waals surface area contributed by atoms with Crippen LogP contribution in [0.3, 0.4) is 0 Å².